The van der Waals surface area contributed by atoms with E-state index in [0.29, 0.717) is 5.69 Å². The van der Waals surface area contributed by atoms with Gasteiger partial charge >= 0.3 is 5.97 Å². The number of alkyl halides is 1. The molecule has 0 unspecified atom stereocenters. The van der Waals surface area contributed by atoms with E-state index in [1.54, 1.807) is 25.2 Å². The highest BCUT2D eigenvalue weighted by Crippen LogP contribution is 2.19. The van der Waals surface area contributed by atoms with Gasteiger partial charge < -0.3 is 10.0 Å². The van der Waals surface area contributed by atoms with E-state index in [1.165, 1.54) is 11.0 Å². The highest BCUT2D eigenvalue weighted by molar-refractivity contribution is 9.09. The number of benzene rings is 1. The van der Waals surface area contributed by atoms with E-state index < -0.39 is 5.97 Å². The Morgan fingerprint density at radius 1 is 1.40 bits per heavy atom. The van der Waals surface area contributed by atoms with Crippen LogP contribution >= 0.6 is 15.9 Å². The Hall–Kier alpha value is -1.36. The van der Waals surface area contributed by atoms with E-state index >= 15 is 0 Å². The molecular weight excluding hydrogens is 262 g/mol. The molecule has 4 nitrogen and oxygen atoms in total. The van der Waals surface area contributed by atoms with E-state index in [9.17, 15) is 9.59 Å². The second-order valence-electron chi connectivity index (χ2n) is 2.91. The molecule has 0 atom stereocenters. The van der Waals surface area contributed by atoms with Crippen LogP contribution in [0.3, 0.4) is 0 Å². The Labute approximate surface area is 95.6 Å². The fraction of sp³-hybridized carbons (Fsp3) is 0.200. The van der Waals surface area contributed by atoms with Crippen LogP contribution in [0.15, 0.2) is 24.3 Å². The molecule has 0 saturated carbocycles. The van der Waals surface area contributed by atoms with Gasteiger partial charge in [0.15, 0.2) is 0 Å². The number of hydrogen-bond acceptors (Lipinski definition) is 2. The zero-order valence-corrected chi connectivity index (χ0v) is 9.69. The predicted octanol–water partition coefficient (Wildman–Crippen LogP) is 1.74. The zero-order valence-electron chi connectivity index (χ0n) is 8.11. The lowest BCUT2D eigenvalue weighted by molar-refractivity contribution is -0.115. The van der Waals surface area contributed by atoms with Crippen molar-refractivity contribution in [3.63, 3.8) is 0 Å². The molecule has 0 radical (unpaired) electrons. The number of hydrogen-bond donors (Lipinski definition) is 1. The van der Waals surface area contributed by atoms with E-state index in [4.69, 9.17) is 5.11 Å². The van der Waals surface area contributed by atoms with Gasteiger partial charge in [-0.25, -0.2) is 4.79 Å². The quantitative estimate of drug-likeness (QED) is 0.853. The van der Waals surface area contributed by atoms with Crippen LogP contribution < -0.4 is 4.90 Å². The second-order valence-corrected chi connectivity index (χ2v) is 3.47. The van der Waals surface area contributed by atoms with E-state index in [2.05, 4.69) is 15.9 Å². The smallest absolute Gasteiger partial charge is 0.337 e. The lowest BCUT2D eigenvalue weighted by Gasteiger charge is -2.17. The summed E-state index contributed by atoms with van der Waals surface area (Å²) < 4.78 is 0. The molecule has 1 N–H and O–H groups in total. The van der Waals surface area contributed by atoms with Crippen molar-refractivity contribution in [3.05, 3.63) is 29.8 Å². The van der Waals surface area contributed by atoms with Crippen molar-refractivity contribution in [3.8, 4) is 0 Å². The van der Waals surface area contributed by atoms with Crippen LogP contribution in [-0.2, 0) is 4.79 Å². The van der Waals surface area contributed by atoms with Crippen LogP contribution in [0, 0.1) is 0 Å². The van der Waals surface area contributed by atoms with Gasteiger partial charge in [-0.05, 0) is 12.1 Å². The molecular formula is C10H10BrNO3. The van der Waals surface area contributed by atoms with Gasteiger partial charge in [0, 0.05) is 7.05 Å². The summed E-state index contributed by atoms with van der Waals surface area (Å²) in [6, 6.07) is 6.39. The molecule has 1 amide bonds. The fourth-order valence-electron chi connectivity index (χ4n) is 1.17. The minimum atomic E-state index is -1.04. The maximum Gasteiger partial charge on any atom is 0.337 e. The van der Waals surface area contributed by atoms with E-state index in [0.717, 1.165) is 0 Å². The number of carbonyl (C=O) groups excluding carboxylic acids is 1. The first-order chi connectivity index (χ1) is 7.07. The molecule has 0 bridgehead atoms. The predicted molar refractivity (Wildman–Crippen MR) is 60.6 cm³/mol. The van der Waals surface area contributed by atoms with Crippen molar-refractivity contribution in [2.45, 2.75) is 0 Å². The number of carboxylic acid groups (broad SMARTS) is 1. The van der Waals surface area contributed by atoms with Crippen molar-refractivity contribution in [2.24, 2.45) is 0 Å². The molecule has 0 aliphatic rings. The molecule has 0 aliphatic carbocycles. The minimum absolute atomic E-state index is 0.120. The number of carboxylic acids is 1. The summed E-state index contributed by atoms with van der Waals surface area (Å²) in [6.07, 6.45) is 0. The third-order valence-electron chi connectivity index (χ3n) is 1.98. The molecule has 0 saturated heterocycles. The monoisotopic (exact) mass is 271 g/mol. The molecule has 1 rings (SSSR count). The van der Waals surface area contributed by atoms with Crippen molar-refractivity contribution in [2.75, 3.05) is 17.3 Å². The number of anilines is 1. The Balaban J connectivity index is 3.13. The molecule has 1 aromatic rings. The fourth-order valence-corrected chi connectivity index (χ4v) is 1.55. The molecule has 0 aliphatic heterocycles. The lowest BCUT2D eigenvalue weighted by Crippen LogP contribution is -2.28. The average molecular weight is 272 g/mol. The summed E-state index contributed by atoms with van der Waals surface area (Å²) >= 11 is 3.04. The van der Waals surface area contributed by atoms with Gasteiger partial charge in [0.25, 0.3) is 0 Å². The molecule has 5 heteroatoms. The van der Waals surface area contributed by atoms with Gasteiger partial charge in [0.05, 0.1) is 16.6 Å². The first kappa shape index (κ1) is 11.7. The summed E-state index contributed by atoms with van der Waals surface area (Å²) in [6.45, 7) is 0. The van der Waals surface area contributed by atoms with Crippen molar-refractivity contribution in [1.29, 1.82) is 0 Å². The number of aromatic carboxylic acids is 1. The van der Waals surface area contributed by atoms with Crippen LogP contribution in [-0.4, -0.2) is 29.4 Å². The lowest BCUT2D eigenvalue weighted by atomic mass is 10.1. The van der Waals surface area contributed by atoms with Crippen LogP contribution in [0.25, 0.3) is 0 Å². The van der Waals surface area contributed by atoms with Crippen LogP contribution in [0.4, 0.5) is 5.69 Å². The first-order valence-corrected chi connectivity index (χ1v) is 5.35. The van der Waals surface area contributed by atoms with Gasteiger partial charge in [0.1, 0.15) is 0 Å². The SMILES string of the molecule is CN(C(=O)CBr)c1ccccc1C(=O)O. The van der Waals surface area contributed by atoms with Crippen molar-refractivity contribution >= 4 is 33.5 Å². The largest absolute Gasteiger partial charge is 0.478 e. The van der Waals surface area contributed by atoms with Gasteiger partial charge in [0.2, 0.25) is 5.91 Å². The maximum absolute atomic E-state index is 11.4. The van der Waals surface area contributed by atoms with E-state index in [1.807, 2.05) is 0 Å². The number of carbonyl (C=O) groups is 2. The standard InChI is InChI=1S/C10H10BrNO3/c1-12(9(13)6-11)8-5-3-2-4-7(8)10(14)15/h2-5H,6H2,1H3,(H,14,15). The van der Waals surface area contributed by atoms with Crippen LogP contribution in [0.2, 0.25) is 0 Å². The maximum atomic E-state index is 11.4. The Morgan fingerprint density at radius 2 is 2.00 bits per heavy atom. The van der Waals surface area contributed by atoms with Crippen molar-refractivity contribution < 1.29 is 14.7 Å². The van der Waals surface area contributed by atoms with E-state index in [-0.39, 0.29) is 16.8 Å². The summed E-state index contributed by atoms with van der Waals surface area (Å²) in [4.78, 5) is 23.6. The number of halogens is 1. The van der Waals surface area contributed by atoms with Gasteiger partial charge in [-0.15, -0.1) is 0 Å². The number of amides is 1. The first-order valence-electron chi connectivity index (χ1n) is 4.22. The molecule has 80 valence electrons. The zero-order chi connectivity index (χ0) is 11.4. The number of para-hydroxylation sites is 1. The Morgan fingerprint density at radius 3 is 2.53 bits per heavy atom. The molecule has 15 heavy (non-hydrogen) atoms. The Kier molecular flexibility index (Phi) is 3.85. The van der Waals surface area contributed by atoms with Gasteiger partial charge in [-0.2, -0.15) is 0 Å². The third-order valence-corrected chi connectivity index (χ3v) is 2.46. The summed E-state index contributed by atoms with van der Waals surface area (Å²) in [5, 5.41) is 9.08. The molecule has 0 fully saturated rings. The number of nitrogens with zero attached hydrogens (tertiary/aromatic N) is 1. The number of rotatable bonds is 3. The van der Waals surface area contributed by atoms with Gasteiger partial charge in [-0.1, -0.05) is 28.1 Å². The highest BCUT2D eigenvalue weighted by Gasteiger charge is 2.16. The van der Waals surface area contributed by atoms with Gasteiger partial charge in [-0.3, -0.25) is 4.79 Å². The van der Waals surface area contributed by atoms with Crippen LogP contribution in [0.5, 0.6) is 0 Å². The molecule has 0 spiro atoms. The third kappa shape index (κ3) is 2.56. The van der Waals surface area contributed by atoms with Crippen LogP contribution in [0.1, 0.15) is 10.4 Å². The summed E-state index contributed by atoms with van der Waals surface area (Å²) in [5.41, 5.74) is 0.517. The summed E-state index contributed by atoms with van der Waals surface area (Å²) in [5.74, 6) is -1.23. The summed E-state index contributed by atoms with van der Waals surface area (Å²) in [7, 11) is 1.55. The second kappa shape index (κ2) is 4.93. The minimum Gasteiger partial charge on any atom is -0.478 e. The topological polar surface area (TPSA) is 57.6 Å². The average Bonchev–Trinajstić information content (AvgIpc) is 2.27. The molecule has 1 aromatic carbocycles. The normalized spacial score (nSPS) is 9.73. The molecule has 0 aromatic heterocycles. The van der Waals surface area contributed by atoms with Crippen molar-refractivity contribution in [1.82, 2.24) is 0 Å². The molecule has 0 heterocycles. The highest BCUT2D eigenvalue weighted by atomic mass is 79.9. The Bertz CT molecular complexity index is 392.